The van der Waals surface area contributed by atoms with E-state index in [9.17, 15) is 4.79 Å². The van der Waals surface area contributed by atoms with Crippen LogP contribution in [0.2, 0.25) is 0 Å². The first-order valence-corrected chi connectivity index (χ1v) is 7.56. The minimum atomic E-state index is -0.614. The van der Waals surface area contributed by atoms with Crippen LogP contribution in [0.5, 0.6) is 0 Å². The summed E-state index contributed by atoms with van der Waals surface area (Å²) in [4.78, 5) is 13.4. The molecule has 0 aromatic heterocycles. The molecular formula is C15H25NO2. The Bertz CT molecular complexity index is 319. The third-order valence-electron chi connectivity index (χ3n) is 5.62. The van der Waals surface area contributed by atoms with E-state index in [1.165, 1.54) is 51.6 Å². The third-order valence-corrected chi connectivity index (χ3v) is 5.62. The molecule has 1 heterocycles. The van der Waals surface area contributed by atoms with Crippen molar-refractivity contribution in [2.75, 3.05) is 19.6 Å². The summed E-state index contributed by atoms with van der Waals surface area (Å²) >= 11 is 0. The normalized spacial score (nSPS) is 29.6. The van der Waals surface area contributed by atoms with Crippen LogP contribution in [0.1, 0.15) is 57.8 Å². The largest absolute Gasteiger partial charge is 0.481 e. The van der Waals surface area contributed by atoms with Crippen LogP contribution in [0, 0.1) is 10.8 Å². The number of piperidine rings is 1. The average molecular weight is 251 g/mol. The van der Waals surface area contributed by atoms with E-state index in [1.807, 2.05) is 0 Å². The lowest BCUT2D eigenvalue weighted by Crippen LogP contribution is -2.41. The van der Waals surface area contributed by atoms with Crippen molar-refractivity contribution < 1.29 is 9.90 Å². The van der Waals surface area contributed by atoms with Gasteiger partial charge in [0.1, 0.15) is 0 Å². The molecule has 0 radical (unpaired) electrons. The first-order valence-electron chi connectivity index (χ1n) is 7.56. The summed E-state index contributed by atoms with van der Waals surface area (Å²) in [7, 11) is 0. The molecule has 2 saturated carbocycles. The SMILES string of the molecule is O=C(O)CC1(CN2CCC3(CCCC3)CC2)CC1. The number of aliphatic carboxylic acids is 1. The standard InChI is InChI=1S/C15H25NO2/c17-13(18)11-15(5-6-15)12-16-9-7-14(8-10-16)3-1-2-4-14/h1-12H2,(H,17,18). The molecular weight excluding hydrogens is 226 g/mol. The maximum absolute atomic E-state index is 10.9. The Morgan fingerprint density at radius 1 is 1.00 bits per heavy atom. The van der Waals surface area contributed by atoms with Gasteiger partial charge in [-0.1, -0.05) is 12.8 Å². The van der Waals surface area contributed by atoms with Crippen LogP contribution < -0.4 is 0 Å². The summed E-state index contributed by atoms with van der Waals surface area (Å²) in [5.74, 6) is -0.614. The maximum atomic E-state index is 10.9. The summed E-state index contributed by atoms with van der Waals surface area (Å²) in [6.07, 6.45) is 11.1. The number of nitrogens with zero attached hydrogens (tertiary/aromatic N) is 1. The van der Waals surface area contributed by atoms with Crippen molar-refractivity contribution >= 4 is 5.97 Å². The zero-order valence-electron chi connectivity index (χ0n) is 11.3. The molecule has 3 fully saturated rings. The van der Waals surface area contributed by atoms with E-state index >= 15 is 0 Å². The first-order chi connectivity index (χ1) is 8.62. The minimum absolute atomic E-state index is 0.145. The van der Waals surface area contributed by atoms with E-state index in [0.717, 1.165) is 19.4 Å². The van der Waals surface area contributed by atoms with Crippen molar-refractivity contribution in [3.8, 4) is 0 Å². The molecule has 3 nitrogen and oxygen atoms in total. The molecule has 1 saturated heterocycles. The number of likely N-dealkylation sites (tertiary alicyclic amines) is 1. The molecule has 0 aromatic carbocycles. The monoisotopic (exact) mass is 251 g/mol. The molecule has 0 atom stereocenters. The highest BCUT2D eigenvalue weighted by Crippen LogP contribution is 2.51. The summed E-state index contributed by atoms with van der Waals surface area (Å²) in [6.45, 7) is 3.46. The van der Waals surface area contributed by atoms with Crippen LogP contribution in [0.15, 0.2) is 0 Å². The van der Waals surface area contributed by atoms with Crippen molar-refractivity contribution in [2.45, 2.75) is 57.8 Å². The second kappa shape index (κ2) is 4.52. The molecule has 102 valence electrons. The highest BCUT2D eigenvalue weighted by Gasteiger charge is 2.46. The summed E-state index contributed by atoms with van der Waals surface area (Å²) < 4.78 is 0. The van der Waals surface area contributed by atoms with Crippen LogP contribution in [0.4, 0.5) is 0 Å². The number of carbonyl (C=O) groups is 1. The fraction of sp³-hybridized carbons (Fsp3) is 0.933. The van der Waals surface area contributed by atoms with Gasteiger partial charge in [-0.25, -0.2) is 0 Å². The molecule has 0 bridgehead atoms. The van der Waals surface area contributed by atoms with Gasteiger partial charge >= 0.3 is 5.97 Å². The highest BCUT2D eigenvalue weighted by atomic mass is 16.4. The van der Waals surface area contributed by atoms with E-state index < -0.39 is 5.97 Å². The van der Waals surface area contributed by atoms with Gasteiger partial charge in [-0.05, 0) is 62.4 Å². The number of rotatable bonds is 4. The van der Waals surface area contributed by atoms with Crippen LogP contribution >= 0.6 is 0 Å². The van der Waals surface area contributed by atoms with Crippen molar-refractivity contribution in [3.05, 3.63) is 0 Å². The van der Waals surface area contributed by atoms with Crippen molar-refractivity contribution in [1.82, 2.24) is 4.90 Å². The number of carboxylic acids is 1. The van der Waals surface area contributed by atoms with Crippen LogP contribution in [0.3, 0.4) is 0 Å². The number of hydrogen-bond acceptors (Lipinski definition) is 2. The van der Waals surface area contributed by atoms with Gasteiger partial charge in [0.15, 0.2) is 0 Å². The predicted octanol–water partition coefficient (Wildman–Crippen LogP) is 2.90. The van der Waals surface area contributed by atoms with Gasteiger partial charge in [0.05, 0.1) is 6.42 Å². The van der Waals surface area contributed by atoms with E-state index in [-0.39, 0.29) is 5.41 Å². The average Bonchev–Trinajstić information content (AvgIpc) is 2.91. The fourth-order valence-corrected chi connectivity index (χ4v) is 4.17. The zero-order chi connectivity index (χ0) is 12.6. The lowest BCUT2D eigenvalue weighted by Gasteiger charge is -2.40. The molecule has 1 N–H and O–H groups in total. The van der Waals surface area contributed by atoms with Gasteiger partial charge in [-0.2, -0.15) is 0 Å². The molecule has 3 heteroatoms. The lowest BCUT2D eigenvalue weighted by molar-refractivity contribution is -0.138. The number of carboxylic acid groups (broad SMARTS) is 1. The Morgan fingerprint density at radius 3 is 2.11 bits per heavy atom. The van der Waals surface area contributed by atoms with E-state index in [1.54, 1.807) is 0 Å². The van der Waals surface area contributed by atoms with Crippen LogP contribution in [-0.4, -0.2) is 35.6 Å². The van der Waals surface area contributed by atoms with Crippen molar-refractivity contribution in [1.29, 1.82) is 0 Å². The van der Waals surface area contributed by atoms with Gasteiger partial charge in [0, 0.05) is 6.54 Å². The molecule has 0 aromatic rings. The second-order valence-corrected chi connectivity index (χ2v) is 7.05. The molecule has 3 aliphatic rings. The quantitative estimate of drug-likeness (QED) is 0.835. The Balaban J connectivity index is 1.50. The molecule has 1 aliphatic heterocycles. The summed E-state index contributed by atoms with van der Waals surface area (Å²) in [5, 5.41) is 8.97. The van der Waals surface area contributed by atoms with Gasteiger partial charge in [-0.15, -0.1) is 0 Å². The summed E-state index contributed by atoms with van der Waals surface area (Å²) in [5.41, 5.74) is 0.825. The van der Waals surface area contributed by atoms with E-state index in [4.69, 9.17) is 5.11 Å². The van der Waals surface area contributed by atoms with Crippen molar-refractivity contribution in [2.24, 2.45) is 10.8 Å². The van der Waals surface area contributed by atoms with E-state index in [2.05, 4.69) is 4.90 Å². The van der Waals surface area contributed by atoms with Crippen LogP contribution in [-0.2, 0) is 4.79 Å². The van der Waals surface area contributed by atoms with E-state index in [0.29, 0.717) is 11.8 Å². The molecule has 0 amide bonds. The van der Waals surface area contributed by atoms with Gasteiger partial charge in [0.25, 0.3) is 0 Å². The van der Waals surface area contributed by atoms with Gasteiger partial charge in [0.2, 0.25) is 0 Å². The predicted molar refractivity (Wildman–Crippen MR) is 70.5 cm³/mol. The lowest BCUT2D eigenvalue weighted by atomic mass is 9.77. The maximum Gasteiger partial charge on any atom is 0.303 e. The Hall–Kier alpha value is -0.570. The van der Waals surface area contributed by atoms with Gasteiger partial charge in [-0.3, -0.25) is 4.79 Å². The minimum Gasteiger partial charge on any atom is -0.481 e. The molecule has 2 aliphatic carbocycles. The Morgan fingerprint density at radius 2 is 1.61 bits per heavy atom. The molecule has 0 unspecified atom stereocenters. The Labute approximate surface area is 110 Å². The Kier molecular flexibility index (Phi) is 3.13. The van der Waals surface area contributed by atoms with Crippen LogP contribution in [0.25, 0.3) is 0 Å². The smallest absolute Gasteiger partial charge is 0.303 e. The topological polar surface area (TPSA) is 40.5 Å². The third kappa shape index (κ3) is 2.56. The van der Waals surface area contributed by atoms with Crippen molar-refractivity contribution in [3.63, 3.8) is 0 Å². The fourth-order valence-electron chi connectivity index (χ4n) is 4.17. The highest BCUT2D eigenvalue weighted by molar-refractivity contribution is 5.68. The molecule has 1 spiro atoms. The molecule has 3 rings (SSSR count). The summed E-state index contributed by atoms with van der Waals surface area (Å²) in [6, 6.07) is 0. The second-order valence-electron chi connectivity index (χ2n) is 7.05. The van der Waals surface area contributed by atoms with Gasteiger partial charge < -0.3 is 10.0 Å². The number of hydrogen-bond donors (Lipinski definition) is 1. The molecule has 18 heavy (non-hydrogen) atoms. The first kappa shape index (κ1) is 12.5. The zero-order valence-corrected chi connectivity index (χ0v) is 11.3.